The Bertz CT molecular complexity index is 669. The third-order valence-electron chi connectivity index (χ3n) is 4.99. The van der Waals surface area contributed by atoms with Gasteiger partial charge in [0.25, 0.3) is 0 Å². The standard InChI is InChI=1S/C21H28N4O/c1-17(20-9-5-6-12-22-20)24-21(26)23-15-18-10-13-25(14-11-18)16-19-7-3-2-4-8-19/h2-9,12,17-18H,10-11,13-16H2,1H3,(H2,23,24,26). The monoisotopic (exact) mass is 352 g/mol. The number of hydrogen-bond donors (Lipinski definition) is 2. The van der Waals surface area contributed by atoms with E-state index < -0.39 is 0 Å². The van der Waals surface area contributed by atoms with Crippen LogP contribution in [0.5, 0.6) is 0 Å². The average Bonchev–Trinajstić information content (AvgIpc) is 2.69. The summed E-state index contributed by atoms with van der Waals surface area (Å²) >= 11 is 0. The SMILES string of the molecule is CC(NC(=O)NCC1CCN(Cc2ccccc2)CC1)c1ccccn1. The van der Waals surface area contributed by atoms with Crippen LogP contribution in [0.15, 0.2) is 54.7 Å². The number of nitrogens with one attached hydrogen (secondary N) is 2. The van der Waals surface area contributed by atoms with E-state index in [-0.39, 0.29) is 12.1 Å². The molecule has 1 aromatic carbocycles. The molecule has 1 atom stereocenters. The van der Waals surface area contributed by atoms with E-state index >= 15 is 0 Å². The highest BCUT2D eigenvalue weighted by Gasteiger charge is 2.20. The normalized spacial score (nSPS) is 16.8. The molecular formula is C21H28N4O. The lowest BCUT2D eigenvalue weighted by atomic mass is 9.96. The fraction of sp³-hybridized carbons (Fsp3) is 0.429. The number of piperidine rings is 1. The highest BCUT2D eigenvalue weighted by Crippen LogP contribution is 2.18. The molecule has 1 fully saturated rings. The van der Waals surface area contributed by atoms with Crippen molar-refractivity contribution in [3.63, 3.8) is 0 Å². The Kier molecular flexibility index (Phi) is 6.61. The van der Waals surface area contributed by atoms with Crippen molar-refractivity contribution >= 4 is 6.03 Å². The molecule has 0 spiro atoms. The number of hydrogen-bond acceptors (Lipinski definition) is 3. The second-order valence-electron chi connectivity index (χ2n) is 7.04. The van der Waals surface area contributed by atoms with E-state index in [1.165, 1.54) is 5.56 Å². The van der Waals surface area contributed by atoms with E-state index in [9.17, 15) is 4.79 Å². The van der Waals surface area contributed by atoms with Gasteiger partial charge in [-0.3, -0.25) is 9.88 Å². The maximum atomic E-state index is 12.1. The molecule has 2 amide bonds. The van der Waals surface area contributed by atoms with Gasteiger partial charge in [-0.15, -0.1) is 0 Å². The van der Waals surface area contributed by atoms with Gasteiger partial charge in [-0.25, -0.2) is 4.79 Å². The Morgan fingerprint density at radius 2 is 1.88 bits per heavy atom. The number of carbonyl (C=O) groups excluding carboxylic acids is 1. The smallest absolute Gasteiger partial charge is 0.315 e. The molecule has 0 saturated carbocycles. The van der Waals surface area contributed by atoms with Crippen molar-refractivity contribution in [2.75, 3.05) is 19.6 Å². The minimum absolute atomic E-state index is 0.0936. The molecule has 1 aliphatic heterocycles. The zero-order chi connectivity index (χ0) is 18.2. The van der Waals surface area contributed by atoms with Crippen LogP contribution in [0.1, 0.15) is 37.1 Å². The molecular weight excluding hydrogens is 324 g/mol. The number of aromatic nitrogens is 1. The van der Waals surface area contributed by atoms with E-state index in [4.69, 9.17) is 0 Å². The number of likely N-dealkylation sites (tertiary alicyclic amines) is 1. The number of nitrogens with zero attached hydrogens (tertiary/aromatic N) is 2. The van der Waals surface area contributed by atoms with Crippen molar-refractivity contribution < 1.29 is 4.79 Å². The fourth-order valence-electron chi connectivity index (χ4n) is 3.38. The Morgan fingerprint density at radius 3 is 2.58 bits per heavy atom. The second kappa shape index (κ2) is 9.34. The lowest BCUT2D eigenvalue weighted by molar-refractivity contribution is 0.174. The molecule has 2 heterocycles. The summed E-state index contributed by atoms with van der Waals surface area (Å²) in [6.45, 7) is 5.88. The number of urea groups is 1. The Labute approximate surface area is 155 Å². The topological polar surface area (TPSA) is 57.3 Å². The van der Waals surface area contributed by atoms with Gasteiger partial charge < -0.3 is 10.6 Å². The predicted octanol–water partition coefficient (Wildman–Crippen LogP) is 3.35. The van der Waals surface area contributed by atoms with E-state index in [2.05, 4.69) is 50.8 Å². The van der Waals surface area contributed by atoms with Gasteiger partial charge in [-0.05, 0) is 56.5 Å². The van der Waals surface area contributed by atoms with E-state index in [0.29, 0.717) is 5.92 Å². The zero-order valence-corrected chi connectivity index (χ0v) is 15.4. The molecule has 1 aromatic heterocycles. The van der Waals surface area contributed by atoms with Gasteiger partial charge in [0.15, 0.2) is 0 Å². The summed E-state index contributed by atoms with van der Waals surface area (Å²) < 4.78 is 0. The highest BCUT2D eigenvalue weighted by molar-refractivity contribution is 5.74. The van der Waals surface area contributed by atoms with Gasteiger partial charge in [-0.2, -0.15) is 0 Å². The molecule has 1 saturated heterocycles. The van der Waals surface area contributed by atoms with Crippen LogP contribution in [-0.4, -0.2) is 35.5 Å². The summed E-state index contributed by atoms with van der Waals surface area (Å²) in [6.07, 6.45) is 4.00. The summed E-state index contributed by atoms with van der Waals surface area (Å²) in [5.41, 5.74) is 2.24. The van der Waals surface area contributed by atoms with Gasteiger partial charge >= 0.3 is 6.03 Å². The molecule has 5 nitrogen and oxygen atoms in total. The molecule has 0 radical (unpaired) electrons. The summed E-state index contributed by atoms with van der Waals surface area (Å²) in [5, 5.41) is 5.98. The van der Waals surface area contributed by atoms with Crippen molar-refractivity contribution in [1.82, 2.24) is 20.5 Å². The number of rotatable bonds is 6. The van der Waals surface area contributed by atoms with Crippen LogP contribution in [0.2, 0.25) is 0 Å². The summed E-state index contributed by atoms with van der Waals surface area (Å²) in [6, 6.07) is 16.1. The van der Waals surface area contributed by atoms with Crippen molar-refractivity contribution in [2.24, 2.45) is 5.92 Å². The Morgan fingerprint density at radius 1 is 1.15 bits per heavy atom. The molecule has 26 heavy (non-hydrogen) atoms. The molecule has 3 rings (SSSR count). The van der Waals surface area contributed by atoms with Crippen molar-refractivity contribution in [2.45, 2.75) is 32.4 Å². The van der Waals surface area contributed by atoms with Crippen LogP contribution in [-0.2, 0) is 6.54 Å². The maximum Gasteiger partial charge on any atom is 0.315 e. The largest absolute Gasteiger partial charge is 0.338 e. The minimum Gasteiger partial charge on any atom is -0.338 e. The van der Waals surface area contributed by atoms with Crippen molar-refractivity contribution in [1.29, 1.82) is 0 Å². The number of pyridine rings is 1. The summed E-state index contributed by atoms with van der Waals surface area (Å²) in [4.78, 5) is 18.9. The van der Waals surface area contributed by atoms with Crippen molar-refractivity contribution in [3.05, 3.63) is 66.0 Å². The van der Waals surface area contributed by atoms with Gasteiger partial charge in [0.2, 0.25) is 0 Å². The molecule has 138 valence electrons. The van der Waals surface area contributed by atoms with Gasteiger partial charge in [-0.1, -0.05) is 36.4 Å². The van der Waals surface area contributed by atoms with Crippen LogP contribution in [0, 0.1) is 5.92 Å². The van der Waals surface area contributed by atoms with Crippen LogP contribution < -0.4 is 10.6 Å². The lowest BCUT2D eigenvalue weighted by Crippen LogP contribution is -2.42. The molecule has 1 aliphatic rings. The number of carbonyl (C=O) groups is 1. The first-order valence-corrected chi connectivity index (χ1v) is 9.42. The fourth-order valence-corrected chi connectivity index (χ4v) is 3.38. The Balaban J connectivity index is 1.35. The third-order valence-corrected chi connectivity index (χ3v) is 4.99. The van der Waals surface area contributed by atoms with E-state index in [1.54, 1.807) is 6.20 Å². The molecule has 0 bridgehead atoms. The maximum absolute atomic E-state index is 12.1. The van der Waals surface area contributed by atoms with E-state index in [0.717, 1.165) is 44.7 Å². The quantitative estimate of drug-likeness (QED) is 0.838. The number of amides is 2. The zero-order valence-electron chi connectivity index (χ0n) is 15.4. The lowest BCUT2D eigenvalue weighted by Gasteiger charge is -2.32. The van der Waals surface area contributed by atoms with Crippen LogP contribution >= 0.6 is 0 Å². The first-order chi connectivity index (χ1) is 12.7. The average molecular weight is 352 g/mol. The summed E-state index contributed by atoms with van der Waals surface area (Å²) in [5.74, 6) is 0.554. The minimum atomic E-state index is -0.116. The molecule has 1 unspecified atom stereocenters. The van der Waals surface area contributed by atoms with Gasteiger partial charge in [0.05, 0.1) is 11.7 Å². The van der Waals surface area contributed by atoms with Gasteiger partial charge in [0, 0.05) is 19.3 Å². The molecule has 0 aliphatic carbocycles. The van der Waals surface area contributed by atoms with E-state index in [1.807, 2.05) is 25.1 Å². The van der Waals surface area contributed by atoms with Crippen LogP contribution in [0.3, 0.4) is 0 Å². The molecule has 5 heteroatoms. The molecule has 2 aromatic rings. The summed E-state index contributed by atoms with van der Waals surface area (Å²) in [7, 11) is 0. The van der Waals surface area contributed by atoms with Crippen molar-refractivity contribution in [3.8, 4) is 0 Å². The number of benzene rings is 1. The predicted molar refractivity (Wildman–Crippen MR) is 104 cm³/mol. The van der Waals surface area contributed by atoms with Crippen LogP contribution in [0.4, 0.5) is 4.79 Å². The highest BCUT2D eigenvalue weighted by atomic mass is 16.2. The van der Waals surface area contributed by atoms with Gasteiger partial charge in [0.1, 0.15) is 0 Å². The van der Waals surface area contributed by atoms with Crippen LogP contribution in [0.25, 0.3) is 0 Å². The second-order valence-corrected chi connectivity index (χ2v) is 7.04. The third kappa shape index (κ3) is 5.56. The Hall–Kier alpha value is -2.40. The molecule has 2 N–H and O–H groups in total. The first kappa shape index (κ1) is 18.4. The first-order valence-electron chi connectivity index (χ1n) is 9.42.